The van der Waals surface area contributed by atoms with Crippen LogP contribution in [0.4, 0.5) is 0 Å². The van der Waals surface area contributed by atoms with Crippen molar-refractivity contribution in [3.8, 4) is 0 Å². The van der Waals surface area contributed by atoms with E-state index in [0.717, 1.165) is 6.42 Å². The summed E-state index contributed by atoms with van der Waals surface area (Å²) in [5.41, 5.74) is 0.900. The Kier molecular flexibility index (Phi) is 3.69. The molecule has 2 aromatic carbocycles. The first-order valence-electron chi connectivity index (χ1n) is 6.42. The van der Waals surface area contributed by atoms with Crippen molar-refractivity contribution in [1.29, 1.82) is 0 Å². The molecular weight excluding hydrogens is 222 g/mol. The highest BCUT2D eigenvalue weighted by Gasteiger charge is 2.33. The predicted molar refractivity (Wildman–Crippen MR) is 76.7 cm³/mol. The minimum atomic E-state index is -0.305. The summed E-state index contributed by atoms with van der Waals surface area (Å²) in [7, 11) is 4.06. The van der Waals surface area contributed by atoms with Crippen molar-refractivity contribution < 1.29 is 5.11 Å². The number of rotatable bonds is 4. The first-order valence-corrected chi connectivity index (χ1v) is 6.42. The zero-order chi connectivity index (χ0) is 13.2. The molecule has 1 N–H and O–H groups in total. The molecule has 2 heteroatoms. The number of benzene rings is 2. The number of nitrogens with zero attached hydrogens (tertiary/aromatic N) is 1. The number of hydrogen-bond donors (Lipinski definition) is 1. The second-order valence-electron chi connectivity index (χ2n) is 4.96. The van der Waals surface area contributed by atoms with Gasteiger partial charge in [0.15, 0.2) is 0 Å². The molecule has 0 saturated carbocycles. The Hall–Kier alpha value is -1.38. The molecule has 96 valence electrons. The van der Waals surface area contributed by atoms with Crippen LogP contribution in [-0.2, 0) is 5.54 Å². The standard InChI is InChI=1S/C16H21NO/c1-4-16(12-18,17(2)3)15-11-7-9-13-8-5-6-10-14(13)15/h5-11,18H,4,12H2,1-3H3. The lowest BCUT2D eigenvalue weighted by atomic mass is 9.83. The second-order valence-corrected chi connectivity index (χ2v) is 4.96. The SMILES string of the molecule is CCC(CO)(c1cccc2ccccc12)N(C)C. The van der Waals surface area contributed by atoms with Gasteiger partial charge in [0, 0.05) is 0 Å². The van der Waals surface area contributed by atoms with Gasteiger partial charge in [-0.2, -0.15) is 0 Å². The summed E-state index contributed by atoms with van der Waals surface area (Å²) in [6.07, 6.45) is 0.879. The van der Waals surface area contributed by atoms with Crippen molar-refractivity contribution >= 4 is 10.8 Å². The van der Waals surface area contributed by atoms with Crippen molar-refractivity contribution in [2.24, 2.45) is 0 Å². The lowest BCUT2D eigenvalue weighted by Gasteiger charge is -2.39. The quantitative estimate of drug-likeness (QED) is 0.892. The van der Waals surface area contributed by atoms with Gasteiger partial charge in [-0.05, 0) is 36.9 Å². The molecule has 0 aliphatic carbocycles. The molecule has 1 unspecified atom stereocenters. The molecule has 0 radical (unpaired) electrons. The Morgan fingerprint density at radius 2 is 1.72 bits per heavy atom. The molecule has 0 amide bonds. The van der Waals surface area contributed by atoms with E-state index in [0.29, 0.717) is 0 Å². The van der Waals surface area contributed by atoms with Crippen LogP contribution in [0.3, 0.4) is 0 Å². The maximum absolute atomic E-state index is 9.92. The molecule has 18 heavy (non-hydrogen) atoms. The third kappa shape index (κ3) is 1.92. The Bertz CT molecular complexity index is 524. The van der Waals surface area contributed by atoms with Crippen LogP contribution in [0.25, 0.3) is 10.8 Å². The molecule has 0 aliphatic heterocycles. The summed E-state index contributed by atoms with van der Waals surface area (Å²) < 4.78 is 0. The third-order valence-electron chi connectivity index (χ3n) is 3.99. The summed E-state index contributed by atoms with van der Waals surface area (Å²) in [6.45, 7) is 2.25. The van der Waals surface area contributed by atoms with Crippen LogP contribution in [0.2, 0.25) is 0 Å². The van der Waals surface area contributed by atoms with Gasteiger partial charge in [0.25, 0.3) is 0 Å². The lowest BCUT2D eigenvalue weighted by molar-refractivity contribution is 0.0635. The van der Waals surface area contributed by atoms with Crippen LogP contribution in [0.5, 0.6) is 0 Å². The van der Waals surface area contributed by atoms with Gasteiger partial charge in [-0.25, -0.2) is 0 Å². The van der Waals surface area contributed by atoms with Crippen molar-refractivity contribution in [1.82, 2.24) is 4.90 Å². The van der Waals surface area contributed by atoms with Crippen molar-refractivity contribution in [2.75, 3.05) is 20.7 Å². The molecule has 0 aliphatic rings. The molecule has 0 aromatic heterocycles. The second kappa shape index (κ2) is 5.09. The average Bonchev–Trinajstić information content (AvgIpc) is 2.40. The zero-order valence-electron chi connectivity index (χ0n) is 11.4. The Morgan fingerprint density at radius 1 is 1.06 bits per heavy atom. The fourth-order valence-electron chi connectivity index (χ4n) is 2.72. The van der Waals surface area contributed by atoms with Crippen molar-refractivity contribution in [3.63, 3.8) is 0 Å². The summed E-state index contributed by atoms with van der Waals surface area (Å²) in [6, 6.07) is 14.7. The molecular formula is C16H21NO. The highest BCUT2D eigenvalue weighted by atomic mass is 16.3. The summed E-state index contributed by atoms with van der Waals surface area (Å²) in [4.78, 5) is 2.12. The first kappa shape index (κ1) is 13.1. The summed E-state index contributed by atoms with van der Waals surface area (Å²) in [5, 5.41) is 12.4. The number of hydrogen-bond acceptors (Lipinski definition) is 2. The predicted octanol–water partition coefficient (Wildman–Crippen LogP) is 3.00. The topological polar surface area (TPSA) is 23.5 Å². The molecule has 0 bridgehead atoms. The van der Waals surface area contributed by atoms with E-state index in [9.17, 15) is 5.11 Å². The minimum absolute atomic E-state index is 0.129. The van der Waals surface area contributed by atoms with Gasteiger partial charge >= 0.3 is 0 Å². The van der Waals surface area contributed by atoms with E-state index in [4.69, 9.17) is 0 Å². The van der Waals surface area contributed by atoms with E-state index >= 15 is 0 Å². The van der Waals surface area contributed by atoms with E-state index < -0.39 is 0 Å². The fourth-order valence-corrected chi connectivity index (χ4v) is 2.72. The lowest BCUT2D eigenvalue weighted by Crippen LogP contribution is -2.44. The number of fused-ring (bicyclic) bond motifs is 1. The van der Waals surface area contributed by atoms with Crippen LogP contribution in [0.1, 0.15) is 18.9 Å². The van der Waals surface area contributed by atoms with Crippen LogP contribution in [-0.4, -0.2) is 30.7 Å². The molecule has 2 nitrogen and oxygen atoms in total. The Morgan fingerprint density at radius 3 is 2.33 bits per heavy atom. The van der Waals surface area contributed by atoms with Gasteiger partial charge in [0.1, 0.15) is 0 Å². The molecule has 1 atom stereocenters. The van der Waals surface area contributed by atoms with Crippen LogP contribution < -0.4 is 0 Å². The number of likely N-dealkylation sites (N-methyl/N-ethyl adjacent to an activating group) is 1. The molecule has 2 aromatic rings. The molecule has 2 rings (SSSR count). The van der Waals surface area contributed by atoms with Crippen molar-refractivity contribution in [2.45, 2.75) is 18.9 Å². The largest absolute Gasteiger partial charge is 0.394 e. The summed E-state index contributed by atoms with van der Waals surface area (Å²) >= 11 is 0. The van der Waals surface area contributed by atoms with Gasteiger partial charge in [-0.3, -0.25) is 4.90 Å². The normalized spacial score (nSPS) is 14.9. The fraction of sp³-hybridized carbons (Fsp3) is 0.375. The smallest absolute Gasteiger partial charge is 0.0692 e. The highest BCUT2D eigenvalue weighted by molar-refractivity contribution is 5.86. The van der Waals surface area contributed by atoms with Crippen LogP contribution >= 0.6 is 0 Å². The maximum atomic E-state index is 9.92. The van der Waals surface area contributed by atoms with E-state index in [2.05, 4.69) is 48.2 Å². The zero-order valence-corrected chi connectivity index (χ0v) is 11.4. The molecule has 0 heterocycles. The van der Waals surface area contributed by atoms with E-state index in [1.54, 1.807) is 0 Å². The van der Waals surface area contributed by atoms with E-state index in [-0.39, 0.29) is 12.1 Å². The van der Waals surface area contributed by atoms with Crippen LogP contribution in [0.15, 0.2) is 42.5 Å². The molecule has 0 spiro atoms. The Balaban J connectivity index is 2.72. The third-order valence-corrected chi connectivity index (χ3v) is 3.99. The average molecular weight is 243 g/mol. The monoisotopic (exact) mass is 243 g/mol. The van der Waals surface area contributed by atoms with E-state index in [1.807, 2.05) is 20.2 Å². The minimum Gasteiger partial charge on any atom is -0.394 e. The van der Waals surface area contributed by atoms with Gasteiger partial charge < -0.3 is 5.11 Å². The Labute approximate surface area is 109 Å². The molecule has 0 saturated heterocycles. The molecule has 0 fully saturated rings. The highest BCUT2D eigenvalue weighted by Crippen LogP contribution is 2.34. The van der Waals surface area contributed by atoms with Crippen LogP contribution in [0, 0.1) is 0 Å². The van der Waals surface area contributed by atoms with Gasteiger partial charge in [0.2, 0.25) is 0 Å². The van der Waals surface area contributed by atoms with E-state index in [1.165, 1.54) is 16.3 Å². The van der Waals surface area contributed by atoms with Gasteiger partial charge in [0.05, 0.1) is 12.1 Å². The number of aliphatic hydroxyl groups excluding tert-OH is 1. The van der Waals surface area contributed by atoms with Crippen molar-refractivity contribution in [3.05, 3.63) is 48.0 Å². The first-order chi connectivity index (χ1) is 8.65. The number of aliphatic hydroxyl groups is 1. The maximum Gasteiger partial charge on any atom is 0.0692 e. The van der Waals surface area contributed by atoms with Gasteiger partial charge in [-0.1, -0.05) is 49.4 Å². The van der Waals surface area contributed by atoms with Gasteiger partial charge in [-0.15, -0.1) is 0 Å². The summed E-state index contributed by atoms with van der Waals surface area (Å²) in [5.74, 6) is 0.